The third-order valence-electron chi connectivity index (χ3n) is 6.79. The second-order valence-corrected chi connectivity index (χ2v) is 8.92. The van der Waals surface area contributed by atoms with Crippen molar-refractivity contribution in [1.82, 2.24) is 10.2 Å². The Bertz CT molecular complexity index is 817. The Labute approximate surface area is 183 Å². The standard InChI is InChI=1S/C24H33N3O4/c28-22-11-10-21(23(29)26-22)27-16-19-18(24(27)30)8-5-9-20(19)25-13-15-31-14-12-17-6-3-1-2-4-7-17/h5,8-9,17,21,25H,1-4,6-7,10-16H2,(H,26,28,29). The number of rotatable bonds is 8. The van der Waals surface area contributed by atoms with Crippen LogP contribution in [0.2, 0.25) is 0 Å². The molecule has 3 aliphatic rings. The fourth-order valence-electron chi connectivity index (χ4n) is 5.01. The quantitative estimate of drug-likeness (QED) is 0.378. The van der Waals surface area contributed by atoms with Gasteiger partial charge in [-0.05, 0) is 30.9 Å². The number of imide groups is 1. The van der Waals surface area contributed by atoms with Gasteiger partial charge >= 0.3 is 0 Å². The van der Waals surface area contributed by atoms with Gasteiger partial charge in [-0.15, -0.1) is 0 Å². The molecule has 31 heavy (non-hydrogen) atoms. The highest BCUT2D eigenvalue weighted by atomic mass is 16.5. The van der Waals surface area contributed by atoms with E-state index in [2.05, 4.69) is 10.6 Å². The minimum absolute atomic E-state index is 0.146. The molecule has 0 spiro atoms. The maximum atomic E-state index is 12.9. The molecule has 7 heteroatoms. The summed E-state index contributed by atoms with van der Waals surface area (Å²) in [5, 5.41) is 5.74. The van der Waals surface area contributed by atoms with Gasteiger partial charge in [0.1, 0.15) is 6.04 Å². The van der Waals surface area contributed by atoms with Gasteiger partial charge in [-0.2, -0.15) is 0 Å². The van der Waals surface area contributed by atoms with E-state index < -0.39 is 6.04 Å². The van der Waals surface area contributed by atoms with Gasteiger partial charge in [-0.25, -0.2) is 0 Å². The Morgan fingerprint density at radius 1 is 1.03 bits per heavy atom. The maximum Gasteiger partial charge on any atom is 0.255 e. The summed E-state index contributed by atoms with van der Waals surface area (Å²) in [7, 11) is 0. The fourth-order valence-corrected chi connectivity index (χ4v) is 5.01. The van der Waals surface area contributed by atoms with Crippen LogP contribution in [0.3, 0.4) is 0 Å². The second-order valence-electron chi connectivity index (χ2n) is 8.92. The van der Waals surface area contributed by atoms with Crippen molar-refractivity contribution in [3.8, 4) is 0 Å². The summed E-state index contributed by atoms with van der Waals surface area (Å²) in [4.78, 5) is 38.1. The van der Waals surface area contributed by atoms with Crippen molar-refractivity contribution in [3.63, 3.8) is 0 Å². The maximum absolute atomic E-state index is 12.9. The van der Waals surface area contributed by atoms with Crippen LogP contribution in [0.1, 0.15) is 73.7 Å². The molecule has 2 aliphatic heterocycles. The third-order valence-corrected chi connectivity index (χ3v) is 6.79. The lowest BCUT2D eigenvalue weighted by Crippen LogP contribution is -2.52. The van der Waals surface area contributed by atoms with Crippen LogP contribution >= 0.6 is 0 Å². The molecule has 1 atom stereocenters. The van der Waals surface area contributed by atoms with E-state index in [0.29, 0.717) is 31.7 Å². The lowest BCUT2D eigenvalue weighted by molar-refractivity contribution is -0.136. The lowest BCUT2D eigenvalue weighted by Gasteiger charge is -2.29. The van der Waals surface area contributed by atoms with E-state index in [1.54, 1.807) is 11.0 Å². The predicted octanol–water partition coefficient (Wildman–Crippen LogP) is 3.24. The number of nitrogens with one attached hydrogen (secondary N) is 2. The van der Waals surface area contributed by atoms with Crippen LogP contribution in [0.4, 0.5) is 5.69 Å². The topological polar surface area (TPSA) is 87.7 Å². The minimum atomic E-state index is -0.585. The summed E-state index contributed by atoms with van der Waals surface area (Å²) >= 11 is 0. The predicted molar refractivity (Wildman–Crippen MR) is 118 cm³/mol. The number of hydrogen-bond acceptors (Lipinski definition) is 5. The van der Waals surface area contributed by atoms with Crippen LogP contribution in [0.5, 0.6) is 0 Å². The van der Waals surface area contributed by atoms with Crippen molar-refractivity contribution in [3.05, 3.63) is 29.3 Å². The summed E-state index contributed by atoms with van der Waals surface area (Å²) in [6.45, 7) is 2.49. The van der Waals surface area contributed by atoms with Crippen LogP contribution < -0.4 is 10.6 Å². The van der Waals surface area contributed by atoms with Crippen molar-refractivity contribution >= 4 is 23.4 Å². The number of carbonyl (C=O) groups is 3. The first-order valence-corrected chi connectivity index (χ1v) is 11.7. The Kier molecular flexibility index (Phi) is 7.22. The van der Waals surface area contributed by atoms with Crippen molar-refractivity contribution in [2.45, 2.75) is 70.4 Å². The Morgan fingerprint density at radius 3 is 2.61 bits per heavy atom. The summed E-state index contributed by atoms with van der Waals surface area (Å²) < 4.78 is 5.86. The molecule has 0 radical (unpaired) electrons. The summed E-state index contributed by atoms with van der Waals surface area (Å²) in [6, 6.07) is 5.04. The van der Waals surface area contributed by atoms with Crippen molar-refractivity contribution in [1.29, 1.82) is 0 Å². The Morgan fingerprint density at radius 2 is 1.84 bits per heavy atom. The molecule has 0 bridgehead atoms. The zero-order valence-corrected chi connectivity index (χ0v) is 18.2. The lowest BCUT2D eigenvalue weighted by atomic mass is 9.97. The Hall–Kier alpha value is -2.41. The molecule has 1 saturated carbocycles. The van der Waals surface area contributed by atoms with E-state index in [1.165, 1.54) is 38.5 Å². The molecular formula is C24H33N3O4. The first kappa shape index (κ1) is 21.8. The number of amides is 3. The zero-order chi connectivity index (χ0) is 21.6. The van der Waals surface area contributed by atoms with Gasteiger partial charge in [-0.1, -0.05) is 44.6 Å². The fraction of sp³-hybridized carbons (Fsp3) is 0.625. The molecule has 1 aliphatic carbocycles. The van der Waals surface area contributed by atoms with Gasteiger partial charge in [0.25, 0.3) is 5.91 Å². The largest absolute Gasteiger partial charge is 0.382 e. The van der Waals surface area contributed by atoms with E-state index >= 15 is 0 Å². The van der Waals surface area contributed by atoms with Crippen molar-refractivity contribution < 1.29 is 19.1 Å². The summed E-state index contributed by atoms with van der Waals surface area (Å²) in [6.07, 6.45) is 9.96. The number of fused-ring (bicyclic) bond motifs is 1. The number of nitrogens with zero attached hydrogens (tertiary/aromatic N) is 1. The molecule has 1 saturated heterocycles. The van der Waals surface area contributed by atoms with Gasteiger partial charge in [0.15, 0.2) is 0 Å². The highest BCUT2D eigenvalue weighted by molar-refractivity contribution is 6.06. The normalized spacial score (nSPS) is 22.3. The molecule has 1 aromatic rings. The molecule has 168 valence electrons. The molecule has 0 aromatic heterocycles. The van der Waals surface area contributed by atoms with Crippen LogP contribution in [-0.4, -0.2) is 48.4 Å². The van der Waals surface area contributed by atoms with Gasteiger partial charge < -0.3 is 15.0 Å². The van der Waals surface area contributed by atoms with E-state index in [1.807, 2.05) is 12.1 Å². The van der Waals surface area contributed by atoms with Gasteiger partial charge in [0.05, 0.1) is 6.61 Å². The number of piperidine rings is 1. The molecule has 4 rings (SSSR count). The van der Waals surface area contributed by atoms with Gasteiger partial charge in [0.2, 0.25) is 11.8 Å². The molecule has 2 heterocycles. The van der Waals surface area contributed by atoms with E-state index in [9.17, 15) is 14.4 Å². The van der Waals surface area contributed by atoms with E-state index in [4.69, 9.17) is 4.74 Å². The van der Waals surface area contributed by atoms with Crippen LogP contribution in [0, 0.1) is 5.92 Å². The number of carbonyl (C=O) groups excluding carboxylic acids is 3. The highest BCUT2D eigenvalue weighted by Gasteiger charge is 2.39. The first-order valence-electron chi connectivity index (χ1n) is 11.7. The van der Waals surface area contributed by atoms with Crippen LogP contribution in [-0.2, 0) is 20.9 Å². The van der Waals surface area contributed by atoms with Gasteiger partial charge in [-0.3, -0.25) is 19.7 Å². The van der Waals surface area contributed by atoms with Crippen LogP contribution in [0.25, 0.3) is 0 Å². The van der Waals surface area contributed by atoms with Gasteiger partial charge in [0, 0.05) is 42.9 Å². The van der Waals surface area contributed by atoms with Crippen molar-refractivity contribution in [2.75, 3.05) is 25.1 Å². The monoisotopic (exact) mass is 427 g/mol. The molecule has 2 fully saturated rings. The number of benzene rings is 1. The van der Waals surface area contributed by atoms with E-state index in [-0.39, 0.29) is 24.1 Å². The third kappa shape index (κ3) is 5.26. The van der Waals surface area contributed by atoms with Crippen molar-refractivity contribution in [2.24, 2.45) is 5.92 Å². The van der Waals surface area contributed by atoms with E-state index in [0.717, 1.165) is 30.2 Å². The Balaban J connectivity index is 1.26. The second kappa shape index (κ2) is 10.3. The number of hydrogen-bond donors (Lipinski definition) is 2. The summed E-state index contributed by atoms with van der Waals surface area (Å²) in [5.74, 6) is 0.0192. The summed E-state index contributed by atoms with van der Waals surface area (Å²) in [5.41, 5.74) is 2.45. The average molecular weight is 428 g/mol. The number of anilines is 1. The molecular weight excluding hydrogens is 394 g/mol. The molecule has 3 amide bonds. The molecule has 2 N–H and O–H groups in total. The minimum Gasteiger partial charge on any atom is -0.382 e. The SMILES string of the molecule is O=C1CCC(N2Cc3c(NCCOCCC4CCCCCC4)cccc3C2=O)C(=O)N1. The zero-order valence-electron chi connectivity index (χ0n) is 18.2. The highest BCUT2D eigenvalue weighted by Crippen LogP contribution is 2.32. The molecule has 1 aromatic carbocycles. The van der Waals surface area contributed by atoms with Crippen LogP contribution in [0.15, 0.2) is 18.2 Å². The molecule has 1 unspecified atom stereocenters. The smallest absolute Gasteiger partial charge is 0.255 e. The average Bonchev–Trinajstić information content (AvgIpc) is 2.92. The number of ether oxygens (including phenoxy) is 1. The first-order chi connectivity index (χ1) is 15.1. The molecule has 7 nitrogen and oxygen atoms in total.